The Morgan fingerprint density at radius 2 is 2.18 bits per heavy atom. The van der Waals surface area contributed by atoms with Crippen molar-refractivity contribution in [3.05, 3.63) is 35.3 Å². The van der Waals surface area contributed by atoms with Crippen molar-refractivity contribution in [1.82, 2.24) is 24.4 Å². The predicted octanol–water partition coefficient (Wildman–Crippen LogP) is 2.49. The minimum Gasteiger partial charge on any atom is -0.465 e. The third-order valence-corrected chi connectivity index (χ3v) is 6.21. The van der Waals surface area contributed by atoms with Crippen molar-refractivity contribution >= 4 is 34.6 Å². The van der Waals surface area contributed by atoms with Gasteiger partial charge >= 0.3 is 6.09 Å². The number of carbonyl (C=O) groups is 1. The molecule has 2 atom stereocenters. The van der Waals surface area contributed by atoms with Crippen molar-refractivity contribution in [1.29, 1.82) is 5.26 Å². The molecule has 4 heterocycles. The van der Waals surface area contributed by atoms with Crippen molar-refractivity contribution in [3.8, 4) is 6.07 Å². The summed E-state index contributed by atoms with van der Waals surface area (Å²) < 4.78 is 2.01. The van der Waals surface area contributed by atoms with Crippen LogP contribution in [0.4, 0.5) is 22.2 Å². The van der Waals surface area contributed by atoms with Gasteiger partial charge in [0.2, 0.25) is 5.95 Å². The number of amides is 1. The van der Waals surface area contributed by atoms with Gasteiger partial charge in [-0.05, 0) is 32.4 Å². The van der Waals surface area contributed by atoms with Crippen molar-refractivity contribution in [3.63, 3.8) is 0 Å². The fourth-order valence-electron chi connectivity index (χ4n) is 4.30. The van der Waals surface area contributed by atoms with Gasteiger partial charge in [0.05, 0.1) is 40.2 Å². The monoisotopic (exact) mass is 449 g/mol. The van der Waals surface area contributed by atoms with Gasteiger partial charge < -0.3 is 30.5 Å². The summed E-state index contributed by atoms with van der Waals surface area (Å²) in [4.78, 5) is 28.2. The number of nitrogens with two attached hydrogens (primary N) is 1. The van der Waals surface area contributed by atoms with Crippen LogP contribution in [0.1, 0.15) is 36.3 Å². The summed E-state index contributed by atoms with van der Waals surface area (Å²) >= 11 is 0. The summed E-state index contributed by atoms with van der Waals surface area (Å²) in [6.45, 7) is 4.95. The summed E-state index contributed by atoms with van der Waals surface area (Å²) in [5.74, 6) is 0.452. The summed E-state index contributed by atoms with van der Waals surface area (Å²) in [5.41, 5.74) is 10.2. The number of carboxylic acid groups (broad SMARTS) is 1. The molecule has 1 saturated heterocycles. The molecule has 4 N–H and O–H groups in total. The number of aromatic nitrogens is 4. The van der Waals surface area contributed by atoms with Gasteiger partial charge in [-0.1, -0.05) is 0 Å². The molecule has 1 unspecified atom stereocenters. The van der Waals surface area contributed by atoms with E-state index in [1.165, 1.54) is 4.90 Å². The molecule has 0 spiro atoms. The van der Waals surface area contributed by atoms with Crippen LogP contribution in [-0.2, 0) is 7.05 Å². The van der Waals surface area contributed by atoms with Crippen LogP contribution >= 0.6 is 0 Å². The van der Waals surface area contributed by atoms with Crippen LogP contribution in [0.15, 0.2) is 18.3 Å². The van der Waals surface area contributed by atoms with E-state index in [9.17, 15) is 15.2 Å². The summed E-state index contributed by atoms with van der Waals surface area (Å²) in [6, 6.07) is 5.78. The normalized spacial score (nSPS) is 16.6. The zero-order valence-electron chi connectivity index (χ0n) is 19.1. The van der Waals surface area contributed by atoms with Crippen LogP contribution in [0.2, 0.25) is 0 Å². The second-order valence-electron chi connectivity index (χ2n) is 8.37. The molecule has 3 aromatic heterocycles. The second kappa shape index (κ2) is 8.46. The molecule has 4 rings (SSSR count). The number of rotatable bonds is 5. The number of pyridine rings is 1. The van der Waals surface area contributed by atoms with Crippen molar-refractivity contribution in [2.75, 3.05) is 36.1 Å². The van der Waals surface area contributed by atoms with E-state index in [4.69, 9.17) is 10.7 Å². The molecule has 0 radical (unpaired) electrons. The Bertz CT molecular complexity index is 1260. The highest BCUT2D eigenvalue weighted by molar-refractivity contribution is 5.81. The molecular weight excluding hydrogens is 422 g/mol. The third kappa shape index (κ3) is 4.07. The van der Waals surface area contributed by atoms with E-state index in [1.807, 2.05) is 30.8 Å². The van der Waals surface area contributed by atoms with Gasteiger partial charge in [-0.25, -0.2) is 14.8 Å². The van der Waals surface area contributed by atoms with Crippen LogP contribution in [-0.4, -0.2) is 61.8 Å². The van der Waals surface area contributed by atoms with Crippen LogP contribution in [0, 0.1) is 18.3 Å². The molecule has 11 heteroatoms. The minimum absolute atomic E-state index is 0.0898. The van der Waals surface area contributed by atoms with Gasteiger partial charge in [-0.3, -0.25) is 0 Å². The Balaban J connectivity index is 1.73. The molecule has 1 aliphatic heterocycles. The molecular formula is C22H27N9O2. The molecule has 1 amide bonds. The van der Waals surface area contributed by atoms with Gasteiger partial charge in [-0.15, -0.1) is 0 Å². The number of nitrogens with one attached hydrogen (secondary N) is 1. The molecule has 1 aliphatic rings. The maximum absolute atomic E-state index is 11.4. The third-order valence-electron chi connectivity index (χ3n) is 6.21. The first-order valence-electron chi connectivity index (χ1n) is 10.7. The average molecular weight is 450 g/mol. The number of aryl methyl sites for hydroxylation is 2. The number of nitrogen functional groups attached to an aromatic ring is 1. The van der Waals surface area contributed by atoms with Gasteiger partial charge in [0.1, 0.15) is 17.5 Å². The fraction of sp³-hybridized carbons (Fsp3) is 0.409. The molecule has 33 heavy (non-hydrogen) atoms. The highest BCUT2D eigenvalue weighted by atomic mass is 16.4. The lowest BCUT2D eigenvalue weighted by atomic mass is 10.1. The van der Waals surface area contributed by atoms with E-state index in [2.05, 4.69) is 32.3 Å². The second-order valence-corrected chi connectivity index (χ2v) is 8.37. The average Bonchev–Trinajstić information content (AvgIpc) is 3.39. The first kappa shape index (κ1) is 22.1. The number of nitriles is 1. The van der Waals surface area contributed by atoms with E-state index in [1.54, 1.807) is 14.0 Å². The highest BCUT2D eigenvalue weighted by Gasteiger charge is 2.31. The van der Waals surface area contributed by atoms with Crippen LogP contribution in [0.25, 0.3) is 11.0 Å². The van der Waals surface area contributed by atoms with E-state index >= 15 is 0 Å². The highest BCUT2D eigenvalue weighted by Crippen LogP contribution is 2.34. The molecule has 0 bridgehead atoms. The van der Waals surface area contributed by atoms with Gasteiger partial charge in [-0.2, -0.15) is 10.2 Å². The number of hydrogen-bond donors (Lipinski definition) is 3. The Morgan fingerprint density at radius 3 is 2.88 bits per heavy atom. The lowest BCUT2D eigenvalue weighted by Gasteiger charge is -2.27. The number of likely N-dealkylation sites (N-methyl/N-ethyl adjacent to an activating group) is 1. The van der Waals surface area contributed by atoms with Gasteiger partial charge in [0, 0.05) is 33.4 Å². The number of hydrogen-bond acceptors (Lipinski definition) is 8. The van der Waals surface area contributed by atoms with Crippen molar-refractivity contribution in [2.45, 2.75) is 32.4 Å². The summed E-state index contributed by atoms with van der Waals surface area (Å²) in [7, 11) is 3.57. The Hall–Kier alpha value is -4.07. The molecule has 1 fully saturated rings. The molecule has 172 valence electrons. The van der Waals surface area contributed by atoms with Crippen LogP contribution in [0.3, 0.4) is 0 Å². The molecule has 0 aliphatic carbocycles. The Morgan fingerprint density at radius 1 is 1.42 bits per heavy atom. The quantitative estimate of drug-likeness (QED) is 0.534. The predicted molar refractivity (Wildman–Crippen MR) is 125 cm³/mol. The Labute approximate surface area is 191 Å². The Kier molecular flexibility index (Phi) is 5.68. The zero-order valence-corrected chi connectivity index (χ0v) is 19.1. The van der Waals surface area contributed by atoms with E-state index in [0.717, 1.165) is 28.8 Å². The van der Waals surface area contributed by atoms with E-state index < -0.39 is 6.09 Å². The standard InChI is InChI=1S/C22H27N9O2/c1-12-15(10-23)20(28-21(24)26-12)25-13(2)19-18(9-17-16(27-19)6-7-29(17)3)31-8-5-14(11-31)30(4)22(32)33/h6-7,9,13-14H,5,8,11H2,1-4H3,(H,32,33)(H3,24,25,26,28)/t13-,14?/m0/s1. The van der Waals surface area contributed by atoms with Crippen molar-refractivity contribution in [2.24, 2.45) is 7.05 Å². The molecule has 3 aromatic rings. The maximum atomic E-state index is 11.4. The SMILES string of the molecule is Cc1nc(N)nc(N[C@@H](C)c2nc3ccn(C)c3cc2N2CCC(N(C)C(=O)O)C2)c1C#N. The van der Waals surface area contributed by atoms with Gasteiger partial charge in [0.15, 0.2) is 0 Å². The molecule has 11 nitrogen and oxygen atoms in total. The molecule has 0 aromatic carbocycles. The zero-order chi connectivity index (χ0) is 23.9. The van der Waals surface area contributed by atoms with E-state index in [0.29, 0.717) is 30.2 Å². The van der Waals surface area contributed by atoms with Crippen LogP contribution < -0.4 is 16.0 Å². The largest absolute Gasteiger partial charge is 0.465 e. The smallest absolute Gasteiger partial charge is 0.407 e. The number of nitrogens with zero attached hydrogens (tertiary/aromatic N) is 7. The number of anilines is 3. The summed E-state index contributed by atoms with van der Waals surface area (Å²) in [6.07, 6.45) is 1.75. The lowest BCUT2D eigenvalue weighted by molar-refractivity contribution is 0.142. The fourth-order valence-corrected chi connectivity index (χ4v) is 4.30. The van der Waals surface area contributed by atoms with E-state index in [-0.39, 0.29) is 18.0 Å². The topological polar surface area (TPSA) is 149 Å². The van der Waals surface area contributed by atoms with Crippen LogP contribution in [0.5, 0.6) is 0 Å². The maximum Gasteiger partial charge on any atom is 0.407 e. The number of fused-ring (bicyclic) bond motifs is 1. The lowest BCUT2D eigenvalue weighted by Crippen LogP contribution is -2.38. The first-order chi connectivity index (χ1) is 15.7. The first-order valence-corrected chi connectivity index (χ1v) is 10.7. The van der Waals surface area contributed by atoms with Crippen molar-refractivity contribution < 1.29 is 9.90 Å². The molecule has 0 saturated carbocycles. The minimum atomic E-state index is -0.936. The summed E-state index contributed by atoms with van der Waals surface area (Å²) in [5, 5.41) is 22.3. The van der Waals surface area contributed by atoms with Gasteiger partial charge in [0.25, 0.3) is 0 Å².